The van der Waals surface area contributed by atoms with Crippen molar-refractivity contribution in [1.29, 1.82) is 0 Å². The van der Waals surface area contributed by atoms with Crippen molar-refractivity contribution in [1.82, 2.24) is 0 Å². The molecule has 3 rings (SSSR count). The highest BCUT2D eigenvalue weighted by Crippen LogP contribution is 2.42. The Bertz CT molecular complexity index is 916. The highest BCUT2D eigenvalue weighted by molar-refractivity contribution is 8.00. The van der Waals surface area contributed by atoms with Crippen molar-refractivity contribution in [2.45, 2.75) is 71.1 Å². The molecule has 2 unspecified atom stereocenters. The number of carbonyl (C=O) groups excluding carboxylic acids is 2. The molecule has 2 aromatic carbocycles. The van der Waals surface area contributed by atoms with E-state index in [4.69, 9.17) is 0 Å². The Balaban J connectivity index is 1.73. The SMILES string of the molecule is CCCCC(CC)C(=O)Nc1ccc(C2SCC(=O)N2c2ccc(C(C)(C)C)cc2)cc1. The molecule has 5 heteroatoms. The largest absolute Gasteiger partial charge is 0.326 e. The first kappa shape index (κ1) is 24.4. The van der Waals surface area contributed by atoms with Gasteiger partial charge in [0.05, 0.1) is 5.75 Å². The van der Waals surface area contributed by atoms with Gasteiger partial charge in [-0.1, -0.05) is 71.7 Å². The van der Waals surface area contributed by atoms with Crippen LogP contribution in [0.3, 0.4) is 0 Å². The van der Waals surface area contributed by atoms with Gasteiger partial charge in [0.2, 0.25) is 11.8 Å². The molecule has 4 nitrogen and oxygen atoms in total. The van der Waals surface area contributed by atoms with Crippen LogP contribution >= 0.6 is 11.8 Å². The molecule has 2 amide bonds. The molecule has 172 valence electrons. The summed E-state index contributed by atoms with van der Waals surface area (Å²) in [6.45, 7) is 10.8. The van der Waals surface area contributed by atoms with Crippen LogP contribution in [0, 0.1) is 5.92 Å². The minimum atomic E-state index is -0.0549. The minimum absolute atomic E-state index is 0.0549. The third-order valence-corrected chi connectivity index (χ3v) is 7.32. The summed E-state index contributed by atoms with van der Waals surface area (Å²) in [6, 6.07) is 16.3. The van der Waals surface area contributed by atoms with Gasteiger partial charge in [-0.05, 0) is 53.6 Å². The van der Waals surface area contributed by atoms with Gasteiger partial charge in [-0.3, -0.25) is 14.5 Å². The number of hydrogen-bond donors (Lipinski definition) is 1. The first-order valence-corrected chi connectivity index (χ1v) is 12.7. The maximum absolute atomic E-state index is 12.7. The lowest BCUT2D eigenvalue weighted by Crippen LogP contribution is -2.28. The van der Waals surface area contributed by atoms with Crippen molar-refractivity contribution < 1.29 is 9.59 Å². The molecular formula is C27H36N2O2S. The van der Waals surface area contributed by atoms with Gasteiger partial charge in [-0.25, -0.2) is 0 Å². The first-order valence-electron chi connectivity index (χ1n) is 11.7. The van der Waals surface area contributed by atoms with Crippen LogP contribution in [0.1, 0.15) is 76.8 Å². The molecule has 2 atom stereocenters. The summed E-state index contributed by atoms with van der Waals surface area (Å²) >= 11 is 1.64. The van der Waals surface area contributed by atoms with E-state index in [0.717, 1.165) is 42.6 Å². The second kappa shape index (κ2) is 10.6. The van der Waals surface area contributed by atoms with Gasteiger partial charge >= 0.3 is 0 Å². The van der Waals surface area contributed by atoms with E-state index in [1.165, 1.54) is 5.56 Å². The second-order valence-electron chi connectivity index (χ2n) is 9.58. The molecule has 1 heterocycles. The van der Waals surface area contributed by atoms with E-state index in [1.54, 1.807) is 11.8 Å². The van der Waals surface area contributed by atoms with E-state index in [-0.39, 0.29) is 28.5 Å². The Morgan fingerprint density at radius 3 is 2.31 bits per heavy atom. The summed E-state index contributed by atoms with van der Waals surface area (Å²) in [5.74, 6) is 0.756. The van der Waals surface area contributed by atoms with Gasteiger partial charge in [0, 0.05) is 17.3 Å². The van der Waals surface area contributed by atoms with Crippen LogP contribution in [0.4, 0.5) is 11.4 Å². The molecule has 0 aromatic heterocycles. The maximum atomic E-state index is 12.7. The minimum Gasteiger partial charge on any atom is -0.326 e. The fraction of sp³-hybridized carbons (Fsp3) is 0.481. The molecule has 1 fully saturated rings. The quantitative estimate of drug-likeness (QED) is 0.473. The predicted octanol–water partition coefficient (Wildman–Crippen LogP) is 6.92. The van der Waals surface area contributed by atoms with Crippen LogP contribution in [-0.4, -0.2) is 17.6 Å². The zero-order chi connectivity index (χ0) is 23.3. The molecule has 2 aromatic rings. The zero-order valence-corrected chi connectivity index (χ0v) is 20.8. The van der Waals surface area contributed by atoms with Gasteiger partial charge in [0.15, 0.2) is 0 Å². The molecule has 0 spiro atoms. The molecule has 1 saturated heterocycles. The van der Waals surface area contributed by atoms with Crippen molar-refractivity contribution in [3.63, 3.8) is 0 Å². The lowest BCUT2D eigenvalue weighted by Gasteiger charge is -2.26. The van der Waals surface area contributed by atoms with E-state index in [0.29, 0.717) is 5.75 Å². The molecule has 1 N–H and O–H groups in total. The van der Waals surface area contributed by atoms with Crippen molar-refractivity contribution >= 4 is 35.0 Å². The van der Waals surface area contributed by atoms with Gasteiger partial charge in [0.1, 0.15) is 5.37 Å². The molecule has 0 saturated carbocycles. The number of unbranched alkanes of at least 4 members (excludes halogenated alkanes) is 1. The standard InChI is InChI=1S/C27H36N2O2S/c1-6-8-9-19(7-2)25(31)28-22-14-10-20(11-15-22)26-29(24(30)18-32-26)23-16-12-21(13-17-23)27(3,4)5/h10-17,19,26H,6-9,18H2,1-5H3,(H,28,31). The predicted molar refractivity (Wildman–Crippen MR) is 136 cm³/mol. The Hall–Kier alpha value is -2.27. The number of carbonyl (C=O) groups is 2. The summed E-state index contributed by atoms with van der Waals surface area (Å²) < 4.78 is 0. The first-order chi connectivity index (χ1) is 15.2. The highest BCUT2D eigenvalue weighted by atomic mass is 32.2. The zero-order valence-electron chi connectivity index (χ0n) is 20.0. The van der Waals surface area contributed by atoms with E-state index >= 15 is 0 Å². The van der Waals surface area contributed by atoms with E-state index in [2.05, 4.69) is 52.1 Å². The van der Waals surface area contributed by atoms with Crippen LogP contribution < -0.4 is 10.2 Å². The van der Waals surface area contributed by atoms with E-state index < -0.39 is 0 Å². The summed E-state index contributed by atoms with van der Waals surface area (Å²) in [5, 5.41) is 3.01. The van der Waals surface area contributed by atoms with Crippen molar-refractivity contribution in [2.24, 2.45) is 5.92 Å². The molecular weight excluding hydrogens is 416 g/mol. The van der Waals surface area contributed by atoms with Crippen molar-refractivity contribution in [3.05, 3.63) is 59.7 Å². The Labute approximate surface area is 197 Å². The molecule has 0 radical (unpaired) electrons. The van der Waals surface area contributed by atoms with Gasteiger partial charge < -0.3 is 5.32 Å². The lowest BCUT2D eigenvalue weighted by molar-refractivity contribution is -0.120. The van der Waals surface area contributed by atoms with Crippen LogP contribution in [0.15, 0.2) is 48.5 Å². The van der Waals surface area contributed by atoms with Crippen LogP contribution in [-0.2, 0) is 15.0 Å². The molecule has 0 aliphatic carbocycles. The monoisotopic (exact) mass is 452 g/mol. The summed E-state index contributed by atoms with van der Waals surface area (Å²) in [6.07, 6.45) is 3.96. The van der Waals surface area contributed by atoms with Crippen LogP contribution in [0.5, 0.6) is 0 Å². The van der Waals surface area contributed by atoms with Crippen molar-refractivity contribution in [3.8, 4) is 0 Å². The fourth-order valence-corrected chi connectivity index (χ4v) is 5.20. The number of nitrogens with one attached hydrogen (secondary N) is 1. The third kappa shape index (κ3) is 5.74. The van der Waals surface area contributed by atoms with E-state index in [9.17, 15) is 9.59 Å². The van der Waals surface area contributed by atoms with Gasteiger partial charge in [-0.15, -0.1) is 11.8 Å². The number of nitrogens with zero attached hydrogens (tertiary/aromatic N) is 1. The van der Waals surface area contributed by atoms with Crippen molar-refractivity contribution in [2.75, 3.05) is 16.0 Å². The topological polar surface area (TPSA) is 49.4 Å². The van der Waals surface area contributed by atoms with Gasteiger partial charge in [0.25, 0.3) is 0 Å². The Morgan fingerprint density at radius 1 is 1.09 bits per heavy atom. The average Bonchev–Trinajstić information content (AvgIpc) is 3.15. The number of amides is 2. The second-order valence-corrected chi connectivity index (χ2v) is 10.7. The summed E-state index contributed by atoms with van der Waals surface area (Å²) in [7, 11) is 0. The molecule has 1 aliphatic rings. The Morgan fingerprint density at radius 2 is 1.75 bits per heavy atom. The molecule has 0 bridgehead atoms. The number of hydrogen-bond acceptors (Lipinski definition) is 3. The maximum Gasteiger partial charge on any atom is 0.238 e. The normalized spacial score (nSPS) is 17.5. The average molecular weight is 453 g/mol. The summed E-state index contributed by atoms with van der Waals surface area (Å²) in [4.78, 5) is 27.2. The number of rotatable bonds is 8. The summed E-state index contributed by atoms with van der Waals surface area (Å²) in [5.41, 5.74) is 4.13. The Kier molecular flexibility index (Phi) is 8.05. The fourth-order valence-electron chi connectivity index (χ4n) is 4.02. The van der Waals surface area contributed by atoms with E-state index in [1.807, 2.05) is 41.3 Å². The third-order valence-electron chi connectivity index (χ3n) is 6.11. The number of benzene rings is 2. The van der Waals surface area contributed by atoms with Crippen LogP contribution in [0.2, 0.25) is 0 Å². The smallest absolute Gasteiger partial charge is 0.238 e. The highest BCUT2D eigenvalue weighted by Gasteiger charge is 2.34. The van der Waals surface area contributed by atoms with Gasteiger partial charge in [-0.2, -0.15) is 0 Å². The molecule has 32 heavy (non-hydrogen) atoms. The number of thioether (sulfide) groups is 1. The number of anilines is 2. The lowest BCUT2D eigenvalue weighted by atomic mass is 9.87. The molecule has 1 aliphatic heterocycles. The van der Waals surface area contributed by atoms with Crippen LogP contribution in [0.25, 0.3) is 0 Å².